The van der Waals surface area contributed by atoms with Crippen LogP contribution in [-0.2, 0) is 28.6 Å². The molecule has 2 N–H and O–H groups in total. The molecule has 13 heteroatoms. The Morgan fingerprint density at radius 2 is 1.50 bits per heavy atom. The van der Waals surface area contributed by atoms with Crippen LogP contribution in [-0.4, -0.2) is 102 Å². The number of aliphatic imine (C=N–C) groups is 1. The molecule has 0 spiro atoms. The maximum Gasteiger partial charge on any atom is 0.407 e. The van der Waals surface area contributed by atoms with Crippen molar-refractivity contribution < 1.29 is 33.4 Å². The van der Waals surface area contributed by atoms with Crippen molar-refractivity contribution in [2.75, 3.05) is 34.4 Å². The number of fused-ring (bicyclic) bond motifs is 2. The van der Waals surface area contributed by atoms with Gasteiger partial charge < -0.3 is 34.3 Å². The summed E-state index contributed by atoms with van der Waals surface area (Å²) < 4.78 is 15.1. The second-order valence-electron chi connectivity index (χ2n) is 15.8. The van der Waals surface area contributed by atoms with Gasteiger partial charge in [0.15, 0.2) is 0 Å². The molecule has 3 aliphatic rings. The van der Waals surface area contributed by atoms with E-state index in [0.717, 1.165) is 87.7 Å². The summed E-state index contributed by atoms with van der Waals surface area (Å²) in [7, 11) is 4.15. The number of hydrogen-bond donors (Lipinski definition) is 2. The van der Waals surface area contributed by atoms with Crippen molar-refractivity contribution in [3.05, 3.63) is 72.2 Å². The number of benzene rings is 3. The van der Waals surface area contributed by atoms with E-state index in [2.05, 4.69) is 58.8 Å². The van der Waals surface area contributed by atoms with Gasteiger partial charge in [0.2, 0.25) is 11.8 Å². The first-order valence-corrected chi connectivity index (χ1v) is 20.4. The van der Waals surface area contributed by atoms with Crippen LogP contribution in [0.5, 0.6) is 0 Å². The lowest BCUT2D eigenvalue weighted by molar-refractivity contribution is -0.148. The van der Waals surface area contributed by atoms with E-state index in [-0.39, 0.29) is 42.2 Å². The number of methoxy groups -OCH3 is 3. The van der Waals surface area contributed by atoms with E-state index < -0.39 is 24.2 Å². The third kappa shape index (κ3) is 8.22. The smallest absolute Gasteiger partial charge is 0.407 e. The number of H-pyrrole nitrogens is 1. The number of allylic oxidation sites excluding steroid dienone is 1. The maximum atomic E-state index is 13.9. The Morgan fingerprint density at radius 1 is 0.845 bits per heavy atom. The number of nitrogens with one attached hydrogen (secondary N) is 2. The lowest BCUT2D eigenvalue weighted by atomic mass is 9.87. The molecule has 6 atom stereocenters. The number of carbonyl (C=O) groups is 4. The van der Waals surface area contributed by atoms with Crippen LogP contribution in [0.1, 0.15) is 83.1 Å². The molecule has 13 nitrogen and oxygen atoms in total. The largest absolute Gasteiger partial charge is 0.469 e. The second kappa shape index (κ2) is 17.5. The Hall–Kier alpha value is -5.56. The fourth-order valence-corrected chi connectivity index (χ4v) is 8.68. The topological polar surface area (TPSA) is 156 Å². The summed E-state index contributed by atoms with van der Waals surface area (Å²) in [5.41, 5.74) is 7.00. The highest BCUT2D eigenvalue weighted by Crippen LogP contribution is 2.37. The second-order valence-corrected chi connectivity index (χ2v) is 15.8. The number of aromatic nitrogens is 2. The molecule has 4 heterocycles. The van der Waals surface area contributed by atoms with Crippen molar-refractivity contribution in [3.8, 4) is 11.1 Å². The van der Waals surface area contributed by atoms with Crippen molar-refractivity contribution in [1.29, 1.82) is 0 Å². The summed E-state index contributed by atoms with van der Waals surface area (Å²) >= 11 is 0. The SMILES string of the molecule is CC[C@H](C)[C@H](CC(=O)OC)C(=O)N1CCC[C@H]1c1nc2ccc(-c3ccc4cc(C5=CN=C([C@@H]6CCCN6C(=O)[C@@H](NC(=O)OC)[C@@H](C)OC)C5)ccc4c3)cc2[nH]1. The van der Waals surface area contributed by atoms with Crippen molar-refractivity contribution in [3.63, 3.8) is 0 Å². The first-order valence-electron chi connectivity index (χ1n) is 20.4. The Bertz CT molecular complexity index is 2260. The number of likely N-dealkylation sites (tertiary alicyclic amines) is 2. The standard InChI is InChI=1S/C45H54N6O7/c1-7-26(2)34(24-40(52)57-5)43(53)51-19-9-11-39(51)42-47-35-17-16-32(22-36(35)48-42)30-13-12-29-21-31(15-14-28(29)20-30)33-23-37(46-25-33)38-10-8-18-50(38)44(54)41(27(3)56-4)49-45(55)58-6/h12-17,20-22,25-27,34,38-39,41H,7-11,18-19,23-24H2,1-6H3,(H,47,48)(H,49,55)/t26-,27+,34-,38-,39-,41-/m0/s1. The molecule has 0 bridgehead atoms. The van der Waals surface area contributed by atoms with Crippen molar-refractivity contribution in [1.82, 2.24) is 25.1 Å². The molecule has 7 rings (SSSR count). The number of aromatic amines is 1. The minimum absolute atomic E-state index is 0.00944. The van der Waals surface area contributed by atoms with Crippen LogP contribution in [0, 0.1) is 11.8 Å². The molecule has 0 aliphatic carbocycles. The van der Waals surface area contributed by atoms with Crippen LogP contribution in [0.2, 0.25) is 0 Å². The Balaban J connectivity index is 1.04. The quantitative estimate of drug-likeness (QED) is 0.135. The fraction of sp³-hybridized carbons (Fsp3) is 0.467. The Morgan fingerprint density at radius 3 is 2.19 bits per heavy atom. The number of hydrogen-bond acceptors (Lipinski definition) is 9. The summed E-state index contributed by atoms with van der Waals surface area (Å²) in [5.74, 6) is -0.185. The van der Waals surface area contributed by atoms with Gasteiger partial charge >= 0.3 is 12.1 Å². The maximum absolute atomic E-state index is 13.9. The predicted molar refractivity (Wildman–Crippen MR) is 223 cm³/mol. The van der Waals surface area contributed by atoms with E-state index in [1.54, 1.807) is 6.92 Å². The van der Waals surface area contributed by atoms with Crippen LogP contribution in [0.3, 0.4) is 0 Å². The molecule has 0 saturated carbocycles. The van der Waals surface area contributed by atoms with Crippen LogP contribution in [0.4, 0.5) is 4.79 Å². The van der Waals surface area contributed by atoms with Gasteiger partial charge in [-0.15, -0.1) is 0 Å². The normalized spacial score (nSPS) is 20.1. The number of rotatable bonds is 13. The van der Waals surface area contributed by atoms with Crippen molar-refractivity contribution in [2.45, 2.75) is 89.9 Å². The van der Waals surface area contributed by atoms with Crippen LogP contribution in [0.25, 0.3) is 38.5 Å². The summed E-state index contributed by atoms with van der Waals surface area (Å²) in [6, 6.07) is 17.9. The molecule has 2 fully saturated rings. The third-order valence-electron chi connectivity index (χ3n) is 12.4. The van der Waals surface area contributed by atoms with E-state index in [4.69, 9.17) is 24.2 Å². The molecule has 2 saturated heterocycles. The van der Waals surface area contributed by atoms with Gasteiger partial charge in [0, 0.05) is 38.5 Å². The molecule has 3 aliphatic heterocycles. The minimum Gasteiger partial charge on any atom is -0.469 e. The van der Waals surface area contributed by atoms with Gasteiger partial charge in [0.05, 0.1) is 55.8 Å². The molecule has 306 valence electrons. The zero-order chi connectivity index (χ0) is 41.1. The van der Waals surface area contributed by atoms with E-state index in [1.807, 2.05) is 35.9 Å². The van der Waals surface area contributed by atoms with Gasteiger partial charge in [-0.1, -0.05) is 50.6 Å². The highest BCUT2D eigenvalue weighted by atomic mass is 16.5. The number of esters is 1. The molecule has 4 aromatic rings. The van der Waals surface area contributed by atoms with E-state index >= 15 is 0 Å². The lowest BCUT2D eigenvalue weighted by Crippen LogP contribution is -2.56. The number of carbonyl (C=O) groups excluding carboxylic acids is 4. The van der Waals surface area contributed by atoms with Gasteiger partial charge in [-0.3, -0.25) is 19.4 Å². The summed E-state index contributed by atoms with van der Waals surface area (Å²) in [4.78, 5) is 68.8. The number of imidazole rings is 1. The van der Waals surface area contributed by atoms with Crippen molar-refractivity contribution >= 4 is 57.0 Å². The van der Waals surface area contributed by atoms with Gasteiger partial charge in [-0.2, -0.15) is 0 Å². The van der Waals surface area contributed by atoms with E-state index in [0.29, 0.717) is 19.5 Å². The molecule has 0 unspecified atom stereocenters. The molecular weight excluding hydrogens is 737 g/mol. The summed E-state index contributed by atoms with van der Waals surface area (Å²) in [5, 5.41) is 4.87. The van der Waals surface area contributed by atoms with E-state index in [1.165, 1.54) is 21.3 Å². The van der Waals surface area contributed by atoms with Gasteiger partial charge in [0.1, 0.15) is 11.9 Å². The van der Waals surface area contributed by atoms with Crippen molar-refractivity contribution in [2.24, 2.45) is 16.8 Å². The molecule has 0 radical (unpaired) electrons. The van der Waals surface area contributed by atoms with Crippen LogP contribution < -0.4 is 5.32 Å². The zero-order valence-electron chi connectivity index (χ0n) is 34.2. The van der Waals surface area contributed by atoms with Crippen LogP contribution in [0.15, 0.2) is 65.8 Å². The molecule has 1 aromatic heterocycles. The zero-order valence-corrected chi connectivity index (χ0v) is 34.2. The molecule has 58 heavy (non-hydrogen) atoms. The van der Waals surface area contributed by atoms with Gasteiger partial charge in [-0.25, -0.2) is 9.78 Å². The average molecular weight is 791 g/mol. The molecular formula is C45H54N6O7. The summed E-state index contributed by atoms with van der Waals surface area (Å²) in [6.45, 7) is 7.04. The third-order valence-corrected chi connectivity index (χ3v) is 12.4. The first kappa shape index (κ1) is 40.6. The Labute approximate surface area is 339 Å². The van der Waals surface area contributed by atoms with Crippen LogP contribution >= 0.6 is 0 Å². The monoisotopic (exact) mass is 790 g/mol. The average Bonchev–Trinajstić information content (AvgIpc) is 4.09. The molecule has 3 amide bonds. The highest BCUT2D eigenvalue weighted by molar-refractivity contribution is 6.04. The number of ether oxygens (including phenoxy) is 3. The lowest BCUT2D eigenvalue weighted by Gasteiger charge is -2.31. The predicted octanol–water partition coefficient (Wildman–Crippen LogP) is 7.21. The number of amides is 3. The highest BCUT2D eigenvalue weighted by Gasteiger charge is 2.40. The fourth-order valence-electron chi connectivity index (χ4n) is 8.68. The number of nitrogens with zero attached hydrogens (tertiary/aromatic N) is 4. The van der Waals surface area contributed by atoms with Gasteiger partial charge in [-0.05, 0) is 95.8 Å². The van der Waals surface area contributed by atoms with Gasteiger partial charge in [0.25, 0.3) is 0 Å². The van der Waals surface area contributed by atoms with E-state index in [9.17, 15) is 19.2 Å². The minimum atomic E-state index is -0.870. The molecule has 3 aromatic carbocycles. The first-order chi connectivity index (χ1) is 28.0. The summed E-state index contributed by atoms with van der Waals surface area (Å²) in [6.07, 6.45) is 5.55. The Kier molecular flexibility index (Phi) is 12.3. The number of alkyl carbamates (subject to hydrolysis) is 1.